The lowest BCUT2D eigenvalue weighted by Crippen LogP contribution is -2.13. The second-order valence-electron chi connectivity index (χ2n) is 4.61. The molecule has 0 unspecified atom stereocenters. The van der Waals surface area contributed by atoms with Crippen molar-refractivity contribution in [3.63, 3.8) is 0 Å². The zero-order valence-electron chi connectivity index (χ0n) is 11.9. The van der Waals surface area contributed by atoms with Crippen LogP contribution in [0.2, 0.25) is 0 Å². The van der Waals surface area contributed by atoms with Gasteiger partial charge in [0.25, 0.3) is 5.91 Å². The first-order valence-electron chi connectivity index (χ1n) is 6.76. The molecule has 0 saturated heterocycles. The lowest BCUT2D eigenvalue weighted by molar-refractivity contribution is 0.102. The van der Waals surface area contributed by atoms with E-state index in [1.807, 2.05) is 0 Å². The molecule has 3 aromatic rings. The second-order valence-corrected chi connectivity index (χ2v) is 5.44. The zero-order valence-corrected chi connectivity index (χ0v) is 12.7. The Bertz CT molecular complexity index is 791. The van der Waals surface area contributed by atoms with Crippen molar-refractivity contribution in [3.8, 4) is 5.75 Å². The summed E-state index contributed by atoms with van der Waals surface area (Å²) < 4.78 is 18.6. The third-order valence-electron chi connectivity index (χ3n) is 3.02. The lowest BCUT2D eigenvalue weighted by atomic mass is 10.2. The monoisotopic (exact) mass is 329 g/mol. The first-order chi connectivity index (χ1) is 11.2. The quantitative estimate of drug-likeness (QED) is 0.778. The number of rotatable bonds is 5. The fourth-order valence-electron chi connectivity index (χ4n) is 1.91. The number of aromatic nitrogens is 2. The van der Waals surface area contributed by atoms with E-state index in [4.69, 9.17) is 4.74 Å². The van der Waals surface area contributed by atoms with Crippen LogP contribution >= 0.6 is 11.3 Å². The largest absolute Gasteiger partial charge is 0.488 e. The predicted octanol–water partition coefficient (Wildman–Crippen LogP) is 3.51. The van der Waals surface area contributed by atoms with Crippen LogP contribution in [0.5, 0.6) is 5.75 Å². The number of amides is 1. The Balaban J connectivity index is 1.72. The molecule has 0 fully saturated rings. The molecule has 7 heteroatoms. The zero-order chi connectivity index (χ0) is 16.1. The molecule has 116 valence electrons. The SMILES string of the molecule is O=C(Nc1nncs1)c1ccccc1OCc1ccc(F)cc1. The molecular weight excluding hydrogens is 317 g/mol. The number of benzene rings is 2. The highest BCUT2D eigenvalue weighted by molar-refractivity contribution is 7.13. The van der Waals surface area contributed by atoms with E-state index in [-0.39, 0.29) is 18.3 Å². The molecule has 1 amide bonds. The first-order valence-corrected chi connectivity index (χ1v) is 7.64. The molecule has 1 N–H and O–H groups in total. The van der Waals surface area contributed by atoms with Crippen LogP contribution < -0.4 is 10.1 Å². The van der Waals surface area contributed by atoms with Gasteiger partial charge in [0.05, 0.1) is 5.56 Å². The van der Waals surface area contributed by atoms with Gasteiger partial charge in [-0.15, -0.1) is 10.2 Å². The van der Waals surface area contributed by atoms with Crippen molar-refractivity contribution < 1.29 is 13.9 Å². The Labute approximate surface area is 135 Å². The van der Waals surface area contributed by atoms with Crippen LogP contribution in [0, 0.1) is 5.82 Å². The van der Waals surface area contributed by atoms with E-state index in [9.17, 15) is 9.18 Å². The molecule has 0 atom stereocenters. The van der Waals surface area contributed by atoms with Crippen molar-refractivity contribution in [2.24, 2.45) is 0 Å². The van der Waals surface area contributed by atoms with E-state index in [1.54, 1.807) is 36.4 Å². The average Bonchev–Trinajstić information content (AvgIpc) is 3.07. The minimum atomic E-state index is -0.323. The highest BCUT2D eigenvalue weighted by Gasteiger charge is 2.13. The Hall–Kier alpha value is -2.80. The van der Waals surface area contributed by atoms with Gasteiger partial charge in [0.2, 0.25) is 5.13 Å². The molecule has 0 aliphatic carbocycles. The van der Waals surface area contributed by atoms with Crippen LogP contribution in [-0.4, -0.2) is 16.1 Å². The first kappa shape index (κ1) is 15.1. The molecule has 3 rings (SSSR count). The maximum Gasteiger partial charge on any atom is 0.261 e. The van der Waals surface area contributed by atoms with Crippen molar-refractivity contribution >= 4 is 22.4 Å². The normalized spacial score (nSPS) is 10.3. The van der Waals surface area contributed by atoms with Crippen LogP contribution in [-0.2, 0) is 6.61 Å². The van der Waals surface area contributed by atoms with Gasteiger partial charge in [0.1, 0.15) is 23.7 Å². The Morgan fingerprint density at radius 1 is 1.17 bits per heavy atom. The average molecular weight is 329 g/mol. The number of para-hydroxylation sites is 1. The standard InChI is InChI=1S/C16H12FN3O2S/c17-12-7-5-11(6-8-12)9-22-14-4-2-1-3-13(14)15(21)19-16-20-18-10-23-16/h1-8,10H,9H2,(H,19,20,21). The summed E-state index contributed by atoms with van der Waals surface area (Å²) in [7, 11) is 0. The number of hydrogen-bond donors (Lipinski definition) is 1. The van der Waals surface area contributed by atoms with E-state index in [1.165, 1.54) is 29.0 Å². The predicted molar refractivity (Wildman–Crippen MR) is 85.0 cm³/mol. The number of carbonyl (C=O) groups is 1. The van der Waals surface area contributed by atoms with E-state index in [2.05, 4.69) is 15.5 Å². The molecule has 0 spiro atoms. The van der Waals surface area contributed by atoms with Gasteiger partial charge in [0.15, 0.2) is 0 Å². The number of ether oxygens (including phenoxy) is 1. The van der Waals surface area contributed by atoms with Gasteiger partial charge in [0, 0.05) is 0 Å². The number of hydrogen-bond acceptors (Lipinski definition) is 5. The van der Waals surface area contributed by atoms with Gasteiger partial charge in [-0.2, -0.15) is 0 Å². The number of anilines is 1. The van der Waals surface area contributed by atoms with Crippen LogP contribution in [0.4, 0.5) is 9.52 Å². The van der Waals surface area contributed by atoms with Crippen LogP contribution in [0.1, 0.15) is 15.9 Å². The van der Waals surface area contributed by atoms with Crippen LogP contribution in [0.15, 0.2) is 54.0 Å². The topological polar surface area (TPSA) is 64.1 Å². The minimum absolute atomic E-state index is 0.239. The van der Waals surface area contributed by atoms with Crippen molar-refractivity contribution in [1.29, 1.82) is 0 Å². The molecule has 0 saturated carbocycles. The van der Waals surface area contributed by atoms with E-state index in [0.29, 0.717) is 16.4 Å². The number of halogens is 1. The van der Waals surface area contributed by atoms with E-state index in [0.717, 1.165) is 5.56 Å². The van der Waals surface area contributed by atoms with Gasteiger partial charge < -0.3 is 4.74 Å². The minimum Gasteiger partial charge on any atom is -0.488 e. The van der Waals surface area contributed by atoms with E-state index >= 15 is 0 Å². The summed E-state index contributed by atoms with van der Waals surface area (Å²) in [6, 6.07) is 12.9. The van der Waals surface area contributed by atoms with Gasteiger partial charge in [-0.3, -0.25) is 10.1 Å². The summed E-state index contributed by atoms with van der Waals surface area (Å²) in [6.45, 7) is 0.239. The summed E-state index contributed by atoms with van der Waals surface area (Å²) >= 11 is 1.23. The fraction of sp³-hybridized carbons (Fsp3) is 0.0625. The number of nitrogens with zero attached hydrogens (tertiary/aromatic N) is 2. The van der Waals surface area contributed by atoms with Crippen LogP contribution in [0.3, 0.4) is 0 Å². The molecule has 0 aliphatic rings. The van der Waals surface area contributed by atoms with Crippen molar-refractivity contribution in [2.45, 2.75) is 6.61 Å². The molecule has 1 aromatic heterocycles. The van der Waals surface area contributed by atoms with E-state index < -0.39 is 0 Å². The summed E-state index contributed by atoms with van der Waals surface area (Å²) in [5.74, 6) is -0.180. The maximum atomic E-state index is 12.9. The Kier molecular flexibility index (Phi) is 4.58. The highest BCUT2D eigenvalue weighted by Crippen LogP contribution is 2.21. The van der Waals surface area contributed by atoms with Crippen LogP contribution in [0.25, 0.3) is 0 Å². The van der Waals surface area contributed by atoms with Gasteiger partial charge in [-0.05, 0) is 29.8 Å². The number of carbonyl (C=O) groups excluding carboxylic acids is 1. The molecule has 0 radical (unpaired) electrons. The summed E-state index contributed by atoms with van der Waals surface area (Å²) in [5, 5.41) is 10.5. The maximum absolute atomic E-state index is 12.9. The lowest BCUT2D eigenvalue weighted by Gasteiger charge is -2.11. The summed E-state index contributed by atoms with van der Waals surface area (Å²) in [5.41, 5.74) is 2.74. The summed E-state index contributed by atoms with van der Waals surface area (Å²) in [6.07, 6.45) is 0. The molecule has 1 heterocycles. The van der Waals surface area contributed by atoms with Gasteiger partial charge >= 0.3 is 0 Å². The molecular formula is C16H12FN3O2S. The second kappa shape index (κ2) is 6.97. The molecule has 23 heavy (non-hydrogen) atoms. The van der Waals surface area contributed by atoms with Crippen molar-refractivity contribution in [3.05, 3.63) is 71.0 Å². The third-order valence-corrected chi connectivity index (χ3v) is 3.63. The smallest absolute Gasteiger partial charge is 0.261 e. The molecule has 0 aliphatic heterocycles. The Morgan fingerprint density at radius 3 is 2.70 bits per heavy atom. The van der Waals surface area contributed by atoms with Crippen molar-refractivity contribution in [1.82, 2.24) is 10.2 Å². The molecule has 5 nitrogen and oxygen atoms in total. The third kappa shape index (κ3) is 3.89. The van der Waals surface area contributed by atoms with Crippen molar-refractivity contribution in [2.75, 3.05) is 5.32 Å². The Morgan fingerprint density at radius 2 is 1.96 bits per heavy atom. The highest BCUT2D eigenvalue weighted by atomic mass is 32.1. The number of nitrogens with one attached hydrogen (secondary N) is 1. The van der Waals surface area contributed by atoms with Gasteiger partial charge in [-0.1, -0.05) is 35.6 Å². The molecule has 0 bridgehead atoms. The molecule has 2 aromatic carbocycles. The summed E-state index contributed by atoms with van der Waals surface area (Å²) in [4.78, 5) is 12.3. The fourth-order valence-corrected chi connectivity index (χ4v) is 2.35. The van der Waals surface area contributed by atoms with Gasteiger partial charge in [-0.25, -0.2) is 4.39 Å².